The fourth-order valence-electron chi connectivity index (χ4n) is 7.77. The van der Waals surface area contributed by atoms with Crippen LogP contribution in [0.4, 0.5) is 26.3 Å². The van der Waals surface area contributed by atoms with Gasteiger partial charge in [-0.25, -0.2) is 0 Å². The molecule has 2 aliphatic carbocycles. The molecular formula is C30H52F6O3Si2. The highest BCUT2D eigenvalue weighted by atomic mass is 28.4. The van der Waals surface area contributed by atoms with Gasteiger partial charge >= 0.3 is 12.4 Å². The zero-order valence-electron chi connectivity index (χ0n) is 26.7. The van der Waals surface area contributed by atoms with Gasteiger partial charge in [0.25, 0.3) is 5.60 Å². The Bertz CT molecular complexity index is 934. The second-order valence-corrected chi connectivity index (χ2v) is 24.4. The van der Waals surface area contributed by atoms with Crippen LogP contribution in [0.2, 0.25) is 39.3 Å². The number of fused-ring (bicyclic) bond motifs is 1. The second kappa shape index (κ2) is 12.0. The molecule has 0 aromatic carbocycles. The van der Waals surface area contributed by atoms with Crippen LogP contribution < -0.4 is 0 Å². The molecule has 0 aromatic heterocycles. The van der Waals surface area contributed by atoms with Crippen LogP contribution in [0.25, 0.3) is 0 Å². The minimum atomic E-state index is -5.67. The number of alkyl halides is 6. The Morgan fingerprint density at radius 2 is 1.41 bits per heavy atom. The third-order valence-electron chi connectivity index (χ3n) is 9.06. The number of ketones is 1. The first-order valence-corrected chi connectivity index (χ1v) is 21.7. The molecule has 0 radical (unpaired) electrons. The number of carbonyl (C=O) groups excluding carboxylic acids is 1. The Kier molecular flexibility index (Phi) is 10.7. The summed E-state index contributed by atoms with van der Waals surface area (Å²) >= 11 is 0. The molecule has 0 heterocycles. The van der Waals surface area contributed by atoms with Gasteiger partial charge in [-0.05, 0) is 121 Å². The highest BCUT2D eigenvalue weighted by molar-refractivity contribution is 6.70. The highest BCUT2D eigenvalue weighted by Gasteiger charge is 2.71. The Labute approximate surface area is 245 Å². The van der Waals surface area contributed by atoms with E-state index in [4.69, 9.17) is 8.85 Å². The van der Waals surface area contributed by atoms with Crippen LogP contribution in [0.15, 0.2) is 12.2 Å². The van der Waals surface area contributed by atoms with E-state index in [1.54, 1.807) is 0 Å². The molecular weight excluding hydrogens is 578 g/mol. The Morgan fingerprint density at radius 1 is 0.878 bits per heavy atom. The molecule has 11 heteroatoms. The van der Waals surface area contributed by atoms with Crippen LogP contribution >= 0.6 is 0 Å². The first-order valence-electron chi connectivity index (χ1n) is 14.9. The van der Waals surface area contributed by atoms with Gasteiger partial charge in [-0.1, -0.05) is 26.3 Å². The van der Waals surface area contributed by atoms with Gasteiger partial charge in [-0.3, -0.25) is 4.79 Å². The van der Waals surface area contributed by atoms with E-state index in [-0.39, 0.29) is 35.5 Å². The number of carbonyl (C=O) groups is 1. The molecule has 0 N–H and O–H groups in total. The molecule has 0 aliphatic heterocycles. The first kappa shape index (κ1) is 36.5. The van der Waals surface area contributed by atoms with Gasteiger partial charge in [0.05, 0.1) is 5.60 Å². The van der Waals surface area contributed by atoms with Crippen molar-refractivity contribution in [2.45, 2.75) is 148 Å². The number of rotatable bonds is 12. The van der Waals surface area contributed by atoms with Crippen molar-refractivity contribution in [3.63, 3.8) is 0 Å². The van der Waals surface area contributed by atoms with Crippen molar-refractivity contribution in [3.8, 4) is 0 Å². The van der Waals surface area contributed by atoms with E-state index >= 15 is 0 Å². The summed E-state index contributed by atoms with van der Waals surface area (Å²) in [7, 11) is -5.10. The molecule has 41 heavy (non-hydrogen) atoms. The number of hydrogen-bond donors (Lipinski definition) is 0. The Morgan fingerprint density at radius 3 is 1.90 bits per heavy atom. The lowest BCUT2D eigenvalue weighted by Crippen LogP contribution is -2.61. The lowest BCUT2D eigenvalue weighted by atomic mass is 9.56. The molecule has 0 bridgehead atoms. The van der Waals surface area contributed by atoms with Crippen molar-refractivity contribution in [1.82, 2.24) is 0 Å². The molecule has 3 nitrogen and oxygen atoms in total. The second-order valence-electron chi connectivity index (χ2n) is 15.5. The summed E-state index contributed by atoms with van der Waals surface area (Å²) in [5, 5.41) is 0. The maximum absolute atomic E-state index is 14.2. The van der Waals surface area contributed by atoms with Crippen molar-refractivity contribution in [3.05, 3.63) is 12.2 Å². The third-order valence-corrected chi connectivity index (χ3v) is 11.2. The van der Waals surface area contributed by atoms with Crippen molar-refractivity contribution in [2.24, 2.45) is 22.7 Å². The fraction of sp³-hybridized carbons (Fsp3) is 0.900. The van der Waals surface area contributed by atoms with Gasteiger partial charge in [0, 0.05) is 12.3 Å². The molecule has 2 aliphatic rings. The zero-order valence-corrected chi connectivity index (χ0v) is 28.7. The van der Waals surface area contributed by atoms with E-state index in [0.29, 0.717) is 19.3 Å². The SMILES string of the molecule is CC(C)(CCC[C@@](C)(C/C=C\C(O[Si](C)(C)C)(C(F)(F)F)C(F)(F)F)[C@H]1CC[C@H]2C(=O)CCC[C@]12C)O[Si](C)(C)C. The molecule has 0 saturated heterocycles. The van der Waals surface area contributed by atoms with Crippen LogP contribution in [0.5, 0.6) is 0 Å². The molecule has 2 saturated carbocycles. The minimum Gasteiger partial charge on any atom is -0.413 e. The standard InChI is InChI=1S/C30H52F6O3Si2/c1-25(2,38-40(5,6)7)17-12-18-26(3,24-16-15-22-23(37)14-11-20-27(22,24)4)19-13-21-28(29(31,32)33,30(34,35)36)39-41(8,9)10/h13,21-22,24H,11-12,14-20H2,1-10H3/b21-13-/t22-,24+,26-,27-/m0/s1. The Balaban J connectivity index is 2.48. The minimum absolute atomic E-state index is 0.000922. The first-order chi connectivity index (χ1) is 18.2. The fourth-order valence-corrected chi connectivity index (χ4v) is 10.8. The molecule has 4 atom stereocenters. The molecule has 0 unspecified atom stereocenters. The summed E-state index contributed by atoms with van der Waals surface area (Å²) in [4.78, 5) is 12.8. The maximum atomic E-state index is 14.2. The predicted octanol–water partition coefficient (Wildman–Crippen LogP) is 10.2. The van der Waals surface area contributed by atoms with E-state index in [0.717, 1.165) is 38.2 Å². The summed E-state index contributed by atoms with van der Waals surface area (Å²) in [5.41, 5.74) is -5.67. The third kappa shape index (κ3) is 8.72. The smallest absolute Gasteiger partial charge is 0.413 e. The van der Waals surface area contributed by atoms with Gasteiger partial charge in [0.2, 0.25) is 0 Å². The number of hydrogen-bond acceptors (Lipinski definition) is 3. The van der Waals surface area contributed by atoms with Gasteiger partial charge in [0.1, 0.15) is 5.78 Å². The van der Waals surface area contributed by atoms with Gasteiger partial charge < -0.3 is 8.85 Å². The summed E-state index contributed by atoms with van der Waals surface area (Å²) in [5.74, 6) is 0.135. The van der Waals surface area contributed by atoms with E-state index in [9.17, 15) is 31.1 Å². The Hall–Kier alpha value is -0.656. The summed E-state index contributed by atoms with van der Waals surface area (Å²) in [6.07, 6.45) is -4.38. The van der Waals surface area contributed by atoms with Crippen molar-refractivity contribution >= 4 is 22.4 Å². The van der Waals surface area contributed by atoms with Crippen molar-refractivity contribution < 1.29 is 40.0 Å². The van der Waals surface area contributed by atoms with E-state index < -0.39 is 45.6 Å². The molecule has 240 valence electrons. The molecule has 2 fully saturated rings. The molecule has 0 spiro atoms. The molecule has 2 rings (SSSR count). The van der Waals surface area contributed by atoms with E-state index in [1.165, 1.54) is 19.6 Å². The average molecular weight is 631 g/mol. The lowest BCUT2D eigenvalue weighted by Gasteiger charge is -2.48. The van der Waals surface area contributed by atoms with E-state index in [1.807, 2.05) is 20.8 Å². The highest BCUT2D eigenvalue weighted by Crippen LogP contribution is 2.62. The average Bonchev–Trinajstić information content (AvgIpc) is 3.07. The number of halogens is 6. The van der Waals surface area contributed by atoms with Crippen LogP contribution in [-0.4, -0.2) is 46.0 Å². The summed E-state index contributed by atoms with van der Waals surface area (Å²) in [6.45, 7) is 18.5. The number of Topliss-reactive ketones (excluding diaryl/α,β-unsaturated/α-hetero) is 1. The normalized spacial score (nSPS) is 26.9. The largest absolute Gasteiger partial charge is 0.429 e. The predicted molar refractivity (Wildman–Crippen MR) is 157 cm³/mol. The molecule has 0 amide bonds. The van der Waals surface area contributed by atoms with Crippen LogP contribution in [-0.2, 0) is 13.6 Å². The van der Waals surface area contributed by atoms with Gasteiger partial charge in [0.15, 0.2) is 16.6 Å². The summed E-state index contributed by atoms with van der Waals surface area (Å²) in [6, 6.07) is 0. The maximum Gasteiger partial charge on any atom is 0.429 e. The zero-order chi connectivity index (χ0) is 31.9. The lowest BCUT2D eigenvalue weighted by molar-refractivity contribution is -0.340. The van der Waals surface area contributed by atoms with Crippen LogP contribution in [0.1, 0.15) is 85.5 Å². The topological polar surface area (TPSA) is 35.5 Å². The van der Waals surface area contributed by atoms with Crippen molar-refractivity contribution in [2.75, 3.05) is 0 Å². The van der Waals surface area contributed by atoms with Gasteiger partial charge in [-0.15, -0.1) is 0 Å². The van der Waals surface area contributed by atoms with Crippen LogP contribution in [0, 0.1) is 22.7 Å². The monoisotopic (exact) mass is 630 g/mol. The van der Waals surface area contributed by atoms with Crippen LogP contribution in [0.3, 0.4) is 0 Å². The van der Waals surface area contributed by atoms with Gasteiger partial charge in [-0.2, -0.15) is 26.3 Å². The molecule has 0 aromatic rings. The van der Waals surface area contributed by atoms with Crippen molar-refractivity contribution in [1.29, 1.82) is 0 Å². The number of allylic oxidation sites excluding steroid dienone is 1. The van der Waals surface area contributed by atoms with E-state index in [2.05, 4.69) is 26.6 Å². The summed E-state index contributed by atoms with van der Waals surface area (Å²) < 4.78 is 96.4. The quantitative estimate of drug-likeness (QED) is 0.122.